The molecule has 4 nitrogen and oxygen atoms in total. The van der Waals surface area contributed by atoms with Crippen LogP contribution < -0.4 is 10.5 Å². The maximum absolute atomic E-state index is 6.01. The van der Waals surface area contributed by atoms with Crippen molar-refractivity contribution >= 4 is 15.9 Å². The van der Waals surface area contributed by atoms with Crippen molar-refractivity contribution in [1.82, 2.24) is 0 Å². The highest BCUT2D eigenvalue weighted by atomic mass is 79.9. The van der Waals surface area contributed by atoms with Crippen molar-refractivity contribution in [3.05, 3.63) is 27.7 Å². The highest BCUT2D eigenvalue weighted by molar-refractivity contribution is 9.10. The van der Waals surface area contributed by atoms with Gasteiger partial charge in [-0.25, -0.2) is 0 Å². The predicted molar refractivity (Wildman–Crippen MR) is 82.2 cm³/mol. The number of benzene rings is 1. The van der Waals surface area contributed by atoms with Crippen LogP contribution >= 0.6 is 15.9 Å². The summed E-state index contributed by atoms with van der Waals surface area (Å²) in [6.07, 6.45) is 0.808. The third-order valence-electron chi connectivity index (χ3n) is 3.59. The Balaban J connectivity index is 1.96. The number of rotatable bonds is 6. The average Bonchev–Trinajstić information content (AvgIpc) is 2.40. The molecule has 20 heavy (non-hydrogen) atoms. The Kier molecular flexibility index (Phi) is 5.43. The highest BCUT2D eigenvalue weighted by Crippen LogP contribution is 2.31. The molecule has 0 amide bonds. The lowest BCUT2D eigenvalue weighted by Crippen LogP contribution is -2.59. The molecule has 2 N–H and O–H groups in total. The molecule has 112 valence electrons. The monoisotopic (exact) mass is 343 g/mol. The SMILES string of the molecule is COCCOC1C(N)CC1Oc1cc(C)c(Br)c(C)c1. The van der Waals surface area contributed by atoms with Crippen molar-refractivity contribution in [1.29, 1.82) is 0 Å². The van der Waals surface area contributed by atoms with Gasteiger partial charge in [0.15, 0.2) is 0 Å². The van der Waals surface area contributed by atoms with Gasteiger partial charge in [0.05, 0.1) is 13.2 Å². The zero-order chi connectivity index (χ0) is 14.7. The molecular weight excluding hydrogens is 322 g/mol. The maximum Gasteiger partial charge on any atom is 0.128 e. The molecule has 0 saturated heterocycles. The summed E-state index contributed by atoms with van der Waals surface area (Å²) in [6, 6.07) is 4.12. The minimum Gasteiger partial charge on any atom is -0.488 e. The summed E-state index contributed by atoms with van der Waals surface area (Å²) in [7, 11) is 1.66. The molecule has 1 aromatic carbocycles. The Labute approximate surface area is 128 Å². The van der Waals surface area contributed by atoms with E-state index in [1.54, 1.807) is 7.11 Å². The lowest BCUT2D eigenvalue weighted by Gasteiger charge is -2.41. The average molecular weight is 344 g/mol. The Bertz CT molecular complexity index is 443. The van der Waals surface area contributed by atoms with E-state index in [-0.39, 0.29) is 18.2 Å². The van der Waals surface area contributed by atoms with Gasteiger partial charge in [-0.15, -0.1) is 0 Å². The molecule has 3 atom stereocenters. The number of aryl methyl sites for hydroxylation is 2. The Morgan fingerprint density at radius 2 is 1.90 bits per heavy atom. The molecule has 0 spiro atoms. The van der Waals surface area contributed by atoms with Gasteiger partial charge in [-0.1, -0.05) is 15.9 Å². The standard InChI is InChI=1S/C15H22BrNO3/c1-9-6-11(7-10(2)14(9)16)20-13-8-12(17)15(13)19-5-4-18-3/h6-7,12-13,15H,4-5,8,17H2,1-3H3. The van der Waals surface area contributed by atoms with Crippen LogP contribution in [0, 0.1) is 13.8 Å². The summed E-state index contributed by atoms with van der Waals surface area (Å²) in [5.41, 5.74) is 8.31. The first-order chi connectivity index (χ1) is 9.52. The van der Waals surface area contributed by atoms with Gasteiger partial charge in [0.25, 0.3) is 0 Å². The number of ether oxygens (including phenoxy) is 3. The lowest BCUT2D eigenvalue weighted by atomic mass is 9.86. The molecule has 1 aliphatic rings. The van der Waals surface area contributed by atoms with E-state index in [1.165, 1.54) is 11.1 Å². The number of nitrogens with two attached hydrogens (primary N) is 1. The second kappa shape index (κ2) is 6.89. The first-order valence-corrected chi connectivity index (χ1v) is 7.61. The van der Waals surface area contributed by atoms with E-state index in [9.17, 15) is 0 Å². The van der Waals surface area contributed by atoms with Crippen LogP contribution in [0.3, 0.4) is 0 Å². The Morgan fingerprint density at radius 3 is 2.45 bits per heavy atom. The lowest BCUT2D eigenvalue weighted by molar-refractivity contribution is -0.107. The maximum atomic E-state index is 6.01. The molecule has 1 aliphatic carbocycles. The highest BCUT2D eigenvalue weighted by Gasteiger charge is 2.41. The first-order valence-electron chi connectivity index (χ1n) is 6.82. The van der Waals surface area contributed by atoms with Crippen LogP contribution in [0.4, 0.5) is 0 Å². The van der Waals surface area contributed by atoms with Crippen LogP contribution in [0.15, 0.2) is 16.6 Å². The van der Waals surface area contributed by atoms with Crippen LogP contribution in [0.25, 0.3) is 0 Å². The van der Waals surface area contributed by atoms with Crippen LogP contribution in [0.2, 0.25) is 0 Å². The fourth-order valence-electron chi connectivity index (χ4n) is 2.38. The normalized spacial score (nSPS) is 25.4. The van der Waals surface area contributed by atoms with Crippen molar-refractivity contribution in [3.8, 4) is 5.75 Å². The fraction of sp³-hybridized carbons (Fsp3) is 0.600. The number of halogens is 1. The van der Waals surface area contributed by atoms with E-state index >= 15 is 0 Å². The molecular formula is C15H22BrNO3. The molecule has 0 aromatic heterocycles. The fourth-order valence-corrected chi connectivity index (χ4v) is 2.61. The van der Waals surface area contributed by atoms with E-state index < -0.39 is 0 Å². The number of methoxy groups -OCH3 is 1. The van der Waals surface area contributed by atoms with Gasteiger partial charge in [-0.05, 0) is 37.1 Å². The first kappa shape index (κ1) is 15.8. The van der Waals surface area contributed by atoms with Gasteiger partial charge < -0.3 is 19.9 Å². The van der Waals surface area contributed by atoms with Crippen LogP contribution in [0.5, 0.6) is 5.75 Å². The quantitative estimate of drug-likeness (QED) is 0.806. The van der Waals surface area contributed by atoms with E-state index in [0.717, 1.165) is 16.6 Å². The van der Waals surface area contributed by atoms with Gasteiger partial charge >= 0.3 is 0 Å². The predicted octanol–water partition coefficient (Wildman–Crippen LogP) is 2.58. The van der Waals surface area contributed by atoms with E-state index in [2.05, 4.69) is 29.8 Å². The van der Waals surface area contributed by atoms with Crippen molar-refractivity contribution in [2.75, 3.05) is 20.3 Å². The number of hydrogen-bond acceptors (Lipinski definition) is 4. The topological polar surface area (TPSA) is 53.7 Å². The summed E-state index contributed by atoms with van der Waals surface area (Å²) < 4.78 is 17.8. The molecule has 1 saturated carbocycles. The van der Waals surface area contributed by atoms with Gasteiger partial charge in [-0.3, -0.25) is 0 Å². The van der Waals surface area contributed by atoms with Crippen LogP contribution in [-0.4, -0.2) is 38.6 Å². The van der Waals surface area contributed by atoms with Crippen molar-refractivity contribution < 1.29 is 14.2 Å². The second-order valence-electron chi connectivity index (χ2n) is 5.26. The van der Waals surface area contributed by atoms with Crippen molar-refractivity contribution in [2.45, 2.75) is 38.5 Å². The van der Waals surface area contributed by atoms with Gasteiger partial charge in [-0.2, -0.15) is 0 Å². The molecule has 0 aliphatic heterocycles. The van der Waals surface area contributed by atoms with Gasteiger partial charge in [0, 0.05) is 24.0 Å². The number of hydrogen-bond donors (Lipinski definition) is 1. The minimum atomic E-state index is -0.0468. The zero-order valence-electron chi connectivity index (χ0n) is 12.2. The Morgan fingerprint density at radius 1 is 1.25 bits per heavy atom. The molecule has 5 heteroatoms. The van der Waals surface area contributed by atoms with Crippen LogP contribution in [0.1, 0.15) is 17.5 Å². The molecule has 2 rings (SSSR count). The molecule has 1 aromatic rings. The second-order valence-corrected chi connectivity index (χ2v) is 6.05. The van der Waals surface area contributed by atoms with Gasteiger partial charge in [0.1, 0.15) is 18.0 Å². The smallest absolute Gasteiger partial charge is 0.128 e. The largest absolute Gasteiger partial charge is 0.488 e. The summed E-state index contributed by atoms with van der Waals surface area (Å²) in [4.78, 5) is 0. The third kappa shape index (κ3) is 3.52. The van der Waals surface area contributed by atoms with Crippen LogP contribution in [-0.2, 0) is 9.47 Å². The molecule has 0 bridgehead atoms. The Hall–Kier alpha value is -0.620. The van der Waals surface area contributed by atoms with E-state index in [1.807, 2.05) is 12.1 Å². The summed E-state index contributed by atoms with van der Waals surface area (Å²) >= 11 is 3.56. The summed E-state index contributed by atoms with van der Waals surface area (Å²) in [5.74, 6) is 0.875. The molecule has 3 unspecified atom stereocenters. The molecule has 0 radical (unpaired) electrons. The molecule has 0 heterocycles. The van der Waals surface area contributed by atoms with Crippen molar-refractivity contribution in [2.24, 2.45) is 5.73 Å². The third-order valence-corrected chi connectivity index (χ3v) is 4.84. The summed E-state index contributed by atoms with van der Waals surface area (Å²) in [5, 5.41) is 0. The van der Waals surface area contributed by atoms with Gasteiger partial charge in [0.2, 0.25) is 0 Å². The van der Waals surface area contributed by atoms with E-state index in [0.29, 0.717) is 13.2 Å². The zero-order valence-corrected chi connectivity index (χ0v) is 13.8. The molecule has 1 fully saturated rings. The summed E-state index contributed by atoms with van der Waals surface area (Å²) in [6.45, 7) is 5.24. The van der Waals surface area contributed by atoms with E-state index in [4.69, 9.17) is 19.9 Å². The van der Waals surface area contributed by atoms with Crippen molar-refractivity contribution in [3.63, 3.8) is 0 Å². The minimum absolute atomic E-state index is 0.0295.